The molecule has 0 aromatic carbocycles. The largest absolute Gasteiger partial charge is 0.549 e. The van der Waals surface area contributed by atoms with Gasteiger partial charge in [0.2, 0.25) is 5.16 Å². The van der Waals surface area contributed by atoms with Crippen molar-refractivity contribution in [3.8, 4) is 0 Å². The predicted molar refractivity (Wildman–Crippen MR) is 41.5 cm³/mol. The zero-order valence-corrected chi connectivity index (χ0v) is 7.35. The van der Waals surface area contributed by atoms with Crippen LogP contribution < -0.4 is 5.11 Å². The maximum Gasteiger partial charge on any atom is 0.208 e. The van der Waals surface area contributed by atoms with Crippen molar-refractivity contribution in [3.05, 3.63) is 5.82 Å². The highest BCUT2D eigenvalue weighted by Crippen LogP contribution is 2.10. The molecule has 0 aliphatic rings. The lowest BCUT2D eigenvalue weighted by Gasteiger charge is -1.95. The molecular formula is C6H8N3O2S-. The number of hydrogen-bond acceptors (Lipinski definition) is 5. The molecule has 66 valence electrons. The van der Waals surface area contributed by atoms with Gasteiger partial charge in [0.25, 0.3) is 0 Å². The lowest BCUT2D eigenvalue weighted by Crippen LogP contribution is -2.24. The van der Waals surface area contributed by atoms with Gasteiger partial charge < -0.3 is 9.90 Å². The topological polar surface area (TPSA) is 81.7 Å². The standard InChI is InChI=1S/C6H9N3O2S/c1-2-4-7-6(9-8-4)12-3-5(10)11/h2-3H2,1H3,(H,10,11)(H,7,8,9)/p-1. The Kier molecular flexibility index (Phi) is 3.09. The smallest absolute Gasteiger partial charge is 0.208 e. The molecule has 12 heavy (non-hydrogen) atoms. The minimum atomic E-state index is -1.11. The third kappa shape index (κ3) is 2.54. The van der Waals surface area contributed by atoms with Crippen LogP contribution in [0.1, 0.15) is 12.7 Å². The number of aliphatic carboxylic acids is 1. The Hall–Kier alpha value is -1.04. The molecule has 1 aromatic rings. The molecule has 0 saturated carbocycles. The van der Waals surface area contributed by atoms with E-state index in [1.807, 2.05) is 6.92 Å². The highest BCUT2D eigenvalue weighted by Gasteiger charge is 2.00. The van der Waals surface area contributed by atoms with Crippen LogP contribution >= 0.6 is 11.8 Å². The molecule has 5 nitrogen and oxygen atoms in total. The summed E-state index contributed by atoms with van der Waals surface area (Å²) >= 11 is 1.05. The number of nitrogens with zero attached hydrogens (tertiary/aromatic N) is 2. The van der Waals surface area contributed by atoms with Crippen LogP contribution in [0.25, 0.3) is 0 Å². The van der Waals surface area contributed by atoms with Crippen LogP contribution in [0.4, 0.5) is 0 Å². The maximum atomic E-state index is 10.1. The van der Waals surface area contributed by atoms with Gasteiger partial charge >= 0.3 is 0 Å². The lowest BCUT2D eigenvalue weighted by atomic mass is 10.5. The number of aromatic amines is 1. The maximum absolute atomic E-state index is 10.1. The second-order valence-corrected chi connectivity index (χ2v) is 3.02. The van der Waals surface area contributed by atoms with E-state index in [1.54, 1.807) is 0 Å². The number of rotatable bonds is 4. The van der Waals surface area contributed by atoms with Crippen LogP contribution in [0.3, 0.4) is 0 Å². The fraction of sp³-hybridized carbons (Fsp3) is 0.500. The van der Waals surface area contributed by atoms with E-state index in [2.05, 4.69) is 15.2 Å². The molecule has 0 aliphatic carbocycles. The van der Waals surface area contributed by atoms with Gasteiger partial charge in [-0.05, 0) is 0 Å². The monoisotopic (exact) mass is 186 g/mol. The zero-order chi connectivity index (χ0) is 8.97. The Morgan fingerprint density at radius 3 is 3.00 bits per heavy atom. The lowest BCUT2D eigenvalue weighted by molar-refractivity contribution is -0.301. The highest BCUT2D eigenvalue weighted by atomic mass is 32.2. The molecule has 0 spiro atoms. The third-order valence-corrected chi connectivity index (χ3v) is 1.99. The van der Waals surface area contributed by atoms with Crippen molar-refractivity contribution in [1.29, 1.82) is 0 Å². The second-order valence-electron chi connectivity index (χ2n) is 2.08. The van der Waals surface area contributed by atoms with Gasteiger partial charge in [0.1, 0.15) is 5.82 Å². The summed E-state index contributed by atoms with van der Waals surface area (Å²) in [5.74, 6) is -0.459. The Bertz CT molecular complexity index is 274. The average Bonchev–Trinajstić information content (AvgIpc) is 2.48. The number of carboxylic acid groups (broad SMARTS) is 1. The van der Waals surface area contributed by atoms with Gasteiger partial charge in [0.15, 0.2) is 0 Å². The SMILES string of the molecule is CCc1nc(SCC(=O)[O-])n[nH]1. The van der Waals surface area contributed by atoms with Gasteiger partial charge in [-0.1, -0.05) is 18.7 Å². The molecule has 0 amide bonds. The van der Waals surface area contributed by atoms with Crippen LogP contribution in [0.5, 0.6) is 0 Å². The molecule has 6 heteroatoms. The number of carboxylic acids is 1. The normalized spacial score (nSPS) is 10.1. The molecule has 0 radical (unpaired) electrons. The minimum absolute atomic E-state index is 0.110. The summed E-state index contributed by atoms with van der Waals surface area (Å²) in [6, 6.07) is 0. The summed E-state index contributed by atoms with van der Waals surface area (Å²) in [6.07, 6.45) is 0.763. The van der Waals surface area contributed by atoms with E-state index in [0.29, 0.717) is 5.16 Å². The first-order valence-corrected chi connectivity index (χ1v) is 4.45. The average molecular weight is 186 g/mol. The predicted octanol–water partition coefficient (Wildman–Crippen LogP) is -0.791. The zero-order valence-electron chi connectivity index (χ0n) is 6.53. The van der Waals surface area contributed by atoms with E-state index < -0.39 is 5.97 Å². The van der Waals surface area contributed by atoms with Crippen molar-refractivity contribution in [2.24, 2.45) is 0 Å². The Morgan fingerprint density at radius 2 is 2.50 bits per heavy atom. The number of nitrogens with one attached hydrogen (secondary N) is 1. The van der Waals surface area contributed by atoms with E-state index in [1.165, 1.54) is 0 Å². The quantitative estimate of drug-likeness (QED) is 0.623. The van der Waals surface area contributed by atoms with Crippen LogP contribution in [-0.4, -0.2) is 26.9 Å². The van der Waals surface area contributed by atoms with Crippen LogP contribution in [0.15, 0.2) is 5.16 Å². The summed E-state index contributed by atoms with van der Waals surface area (Å²) in [5, 5.41) is 17.0. The van der Waals surface area contributed by atoms with Crippen molar-refractivity contribution in [2.45, 2.75) is 18.5 Å². The third-order valence-electron chi connectivity index (χ3n) is 1.17. The molecule has 1 N–H and O–H groups in total. The van der Waals surface area contributed by atoms with E-state index >= 15 is 0 Å². The number of thioether (sulfide) groups is 1. The van der Waals surface area contributed by atoms with Crippen molar-refractivity contribution in [2.75, 3.05) is 5.75 Å². The fourth-order valence-electron chi connectivity index (χ4n) is 0.624. The van der Waals surface area contributed by atoms with Crippen molar-refractivity contribution in [3.63, 3.8) is 0 Å². The molecule has 0 atom stereocenters. The van der Waals surface area contributed by atoms with Crippen molar-refractivity contribution in [1.82, 2.24) is 15.2 Å². The van der Waals surface area contributed by atoms with Crippen LogP contribution in [0.2, 0.25) is 0 Å². The summed E-state index contributed by atoms with van der Waals surface area (Å²) in [5.41, 5.74) is 0. The van der Waals surface area contributed by atoms with Gasteiger partial charge in [-0.25, -0.2) is 4.98 Å². The first-order chi connectivity index (χ1) is 5.72. The van der Waals surface area contributed by atoms with Crippen LogP contribution in [0, 0.1) is 0 Å². The molecule has 0 fully saturated rings. The van der Waals surface area contributed by atoms with Gasteiger partial charge in [0, 0.05) is 12.2 Å². The molecule has 1 heterocycles. The second kappa shape index (κ2) is 4.10. The van der Waals surface area contributed by atoms with E-state index in [4.69, 9.17) is 0 Å². The Morgan fingerprint density at radius 1 is 1.75 bits per heavy atom. The number of aromatic nitrogens is 3. The Balaban J connectivity index is 2.47. The van der Waals surface area contributed by atoms with E-state index in [9.17, 15) is 9.90 Å². The highest BCUT2D eigenvalue weighted by molar-refractivity contribution is 7.99. The number of hydrogen-bond donors (Lipinski definition) is 1. The van der Waals surface area contributed by atoms with Crippen molar-refractivity contribution >= 4 is 17.7 Å². The minimum Gasteiger partial charge on any atom is -0.549 e. The van der Waals surface area contributed by atoms with Crippen molar-refractivity contribution < 1.29 is 9.90 Å². The number of aryl methyl sites for hydroxylation is 1. The molecule has 0 aliphatic heterocycles. The van der Waals surface area contributed by atoms with Gasteiger partial charge in [-0.2, -0.15) is 0 Å². The molecular weight excluding hydrogens is 178 g/mol. The molecule has 0 bridgehead atoms. The summed E-state index contributed by atoms with van der Waals surface area (Å²) < 4.78 is 0. The molecule has 1 aromatic heterocycles. The van der Waals surface area contributed by atoms with E-state index in [0.717, 1.165) is 24.0 Å². The van der Waals surface area contributed by atoms with Gasteiger partial charge in [-0.3, -0.25) is 5.10 Å². The summed E-state index contributed by atoms with van der Waals surface area (Å²) in [6.45, 7) is 1.94. The van der Waals surface area contributed by atoms with Crippen LogP contribution in [-0.2, 0) is 11.2 Å². The van der Waals surface area contributed by atoms with Gasteiger partial charge in [0.05, 0.1) is 5.97 Å². The first kappa shape index (κ1) is 9.05. The number of carbonyl (C=O) groups is 1. The molecule has 1 rings (SSSR count). The summed E-state index contributed by atoms with van der Waals surface area (Å²) in [7, 11) is 0. The Labute approximate surface area is 73.6 Å². The van der Waals surface area contributed by atoms with E-state index in [-0.39, 0.29) is 5.75 Å². The fourth-order valence-corrected chi connectivity index (χ4v) is 1.16. The van der Waals surface area contributed by atoms with Gasteiger partial charge in [-0.15, -0.1) is 5.10 Å². The molecule has 0 saturated heterocycles. The number of carbonyl (C=O) groups excluding carboxylic acids is 1. The summed E-state index contributed by atoms with van der Waals surface area (Å²) in [4.78, 5) is 14.1. The number of H-pyrrole nitrogens is 1. The first-order valence-electron chi connectivity index (χ1n) is 3.46. The molecule has 0 unspecified atom stereocenters.